The molecule has 0 amide bonds. The smallest absolute Gasteiger partial charge is 0.247 e. The third kappa shape index (κ3) is 2.64. The van der Waals surface area contributed by atoms with Crippen LogP contribution in [0.4, 0.5) is 5.69 Å². The van der Waals surface area contributed by atoms with Gasteiger partial charge in [-0.25, -0.2) is 0 Å². The van der Waals surface area contributed by atoms with E-state index in [1.54, 1.807) is 18.6 Å². The van der Waals surface area contributed by atoms with Crippen LogP contribution in [0.2, 0.25) is 0 Å². The van der Waals surface area contributed by atoms with Crippen LogP contribution in [0, 0.1) is 0 Å². The lowest BCUT2D eigenvalue weighted by atomic mass is 10.1. The first kappa shape index (κ1) is 12.3. The Morgan fingerprint density at radius 2 is 2.20 bits per heavy atom. The largest absolute Gasteiger partial charge is 0.423 e. The first-order valence-corrected chi connectivity index (χ1v) is 6.22. The zero-order chi connectivity index (χ0) is 13.8. The molecule has 0 spiro atoms. The molecule has 0 bridgehead atoms. The first-order valence-electron chi connectivity index (χ1n) is 6.22. The van der Waals surface area contributed by atoms with Crippen LogP contribution in [-0.2, 0) is 0 Å². The van der Waals surface area contributed by atoms with E-state index in [2.05, 4.69) is 25.5 Å². The Balaban J connectivity index is 1.80. The van der Waals surface area contributed by atoms with Crippen molar-refractivity contribution in [2.24, 2.45) is 0 Å². The highest BCUT2D eigenvalue weighted by Gasteiger charge is 2.08. The van der Waals surface area contributed by atoms with Gasteiger partial charge in [0.1, 0.15) is 0 Å². The highest BCUT2D eigenvalue weighted by atomic mass is 16.4. The number of rotatable bonds is 4. The van der Waals surface area contributed by atoms with E-state index in [9.17, 15) is 0 Å². The molecule has 6 nitrogen and oxygen atoms in total. The van der Waals surface area contributed by atoms with Gasteiger partial charge in [-0.2, -0.15) is 0 Å². The number of nitrogens with one attached hydrogen (secondary N) is 1. The van der Waals surface area contributed by atoms with E-state index in [0.29, 0.717) is 5.89 Å². The fourth-order valence-electron chi connectivity index (χ4n) is 1.90. The molecule has 0 aliphatic rings. The molecule has 0 aliphatic heterocycles. The summed E-state index contributed by atoms with van der Waals surface area (Å²) in [5.41, 5.74) is 2.72. The third-order valence-corrected chi connectivity index (χ3v) is 2.88. The Hall–Kier alpha value is -2.76. The van der Waals surface area contributed by atoms with Crippen molar-refractivity contribution in [1.29, 1.82) is 0 Å². The van der Waals surface area contributed by atoms with E-state index in [1.165, 1.54) is 6.39 Å². The van der Waals surface area contributed by atoms with Gasteiger partial charge in [-0.1, -0.05) is 6.07 Å². The van der Waals surface area contributed by atoms with Crippen LogP contribution in [0.1, 0.15) is 18.7 Å². The van der Waals surface area contributed by atoms with Crippen molar-refractivity contribution in [2.75, 3.05) is 5.32 Å². The average Bonchev–Trinajstić information content (AvgIpc) is 3.03. The Labute approximate surface area is 115 Å². The van der Waals surface area contributed by atoms with Crippen molar-refractivity contribution >= 4 is 5.69 Å². The highest BCUT2D eigenvalue weighted by Crippen LogP contribution is 2.23. The van der Waals surface area contributed by atoms with Crippen LogP contribution >= 0.6 is 0 Å². The monoisotopic (exact) mass is 267 g/mol. The normalized spacial score (nSPS) is 12.1. The highest BCUT2D eigenvalue weighted by molar-refractivity contribution is 5.61. The lowest BCUT2D eigenvalue weighted by Gasteiger charge is -2.14. The van der Waals surface area contributed by atoms with E-state index >= 15 is 0 Å². The predicted octanol–water partition coefficient (Wildman–Crippen LogP) is 2.70. The van der Waals surface area contributed by atoms with Crippen LogP contribution < -0.4 is 5.32 Å². The molecule has 2 aromatic heterocycles. The number of benzene rings is 1. The van der Waals surface area contributed by atoms with Crippen molar-refractivity contribution in [3.05, 3.63) is 54.9 Å². The summed E-state index contributed by atoms with van der Waals surface area (Å²) in [4.78, 5) is 8.35. The van der Waals surface area contributed by atoms with Crippen molar-refractivity contribution < 1.29 is 4.42 Å². The van der Waals surface area contributed by atoms with Crippen LogP contribution in [-0.4, -0.2) is 20.2 Å². The number of aromatic nitrogens is 4. The minimum Gasteiger partial charge on any atom is -0.423 e. The Morgan fingerprint density at radius 1 is 1.25 bits per heavy atom. The van der Waals surface area contributed by atoms with Crippen molar-refractivity contribution in [3.63, 3.8) is 0 Å². The number of hydrogen-bond acceptors (Lipinski definition) is 6. The molecule has 1 aromatic carbocycles. The molecule has 20 heavy (non-hydrogen) atoms. The maximum absolute atomic E-state index is 5.19. The maximum atomic E-state index is 5.19. The molecule has 1 atom stereocenters. The molecule has 1 unspecified atom stereocenters. The number of anilines is 1. The molecule has 1 N–H and O–H groups in total. The molecule has 0 radical (unpaired) electrons. The Bertz CT molecular complexity index is 669. The summed E-state index contributed by atoms with van der Waals surface area (Å²) in [7, 11) is 0. The summed E-state index contributed by atoms with van der Waals surface area (Å²) >= 11 is 0. The molecule has 0 saturated heterocycles. The van der Waals surface area contributed by atoms with E-state index in [0.717, 1.165) is 16.9 Å². The van der Waals surface area contributed by atoms with Gasteiger partial charge in [0.2, 0.25) is 12.3 Å². The van der Waals surface area contributed by atoms with E-state index in [-0.39, 0.29) is 6.04 Å². The quantitative estimate of drug-likeness (QED) is 0.783. The molecule has 100 valence electrons. The van der Waals surface area contributed by atoms with Gasteiger partial charge in [0.05, 0.1) is 17.9 Å². The Morgan fingerprint density at radius 3 is 2.95 bits per heavy atom. The standard InChI is InChI=1S/C14H13N5O/c1-10(13-8-15-5-6-16-13)18-12-4-2-3-11(7-12)14-19-17-9-20-14/h2-10,18H,1H3. The molecule has 3 rings (SSSR count). The lowest BCUT2D eigenvalue weighted by molar-refractivity contribution is 0.568. The van der Waals surface area contributed by atoms with Crippen LogP contribution in [0.3, 0.4) is 0 Å². The second-order valence-electron chi connectivity index (χ2n) is 4.32. The summed E-state index contributed by atoms with van der Waals surface area (Å²) in [5, 5.41) is 10.9. The zero-order valence-corrected chi connectivity index (χ0v) is 10.9. The van der Waals surface area contributed by atoms with E-state index in [4.69, 9.17) is 4.42 Å². The SMILES string of the molecule is CC(Nc1cccc(-c2nnco2)c1)c1cnccn1. The Kier molecular flexibility index (Phi) is 3.36. The molecule has 0 aliphatic carbocycles. The minimum atomic E-state index is 0.0571. The van der Waals surface area contributed by atoms with Crippen molar-refractivity contribution in [2.45, 2.75) is 13.0 Å². The van der Waals surface area contributed by atoms with Gasteiger partial charge in [0, 0.05) is 23.6 Å². The zero-order valence-electron chi connectivity index (χ0n) is 10.9. The van der Waals surface area contributed by atoms with Crippen LogP contribution in [0.5, 0.6) is 0 Å². The summed E-state index contributed by atoms with van der Waals surface area (Å²) in [6, 6.07) is 7.85. The molecule has 6 heteroatoms. The average molecular weight is 267 g/mol. The van der Waals surface area contributed by atoms with Gasteiger partial charge < -0.3 is 9.73 Å². The molecular weight excluding hydrogens is 254 g/mol. The molecule has 2 heterocycles. The number of nitrogens with zero attached hydrogens (tertiary/aromatic N) is 4. The van der Waals surface area contributed by atoms with E-state index < -0.39 is 0 Å². The van der Waals surface area contributed by atoms with Crippen LogP contribution in [0.15, 0.2) is 53.7 Å². The van der Waals surface area contributed by atoms with E-state index in [1.807, 2.05) is 31.2 Å². The molecular formula is C14H13N5O. The van der Waals surface area contributed by atoms with Gasteiger partial charge in [-0.15, -0.1) is 10.2 Å². The van der Waals surface area contributed by atoms with Crippen LogP contribution in [0.25, 0.3) is 11.5 Å². The maximum Gasteiger partial charge on any atom is 0.247 e. The minimum absolute atomic E-state index is 0.0571. The topological polar surface area (TPSA) is 76.7 Å². The third-order valence-electron chi connectivity index (χ3n) is 2.88. The lowest BCUT2D eigenvalue weighted by Crippen LogP contribution is -2.08. The summed E-state index contributed by atoms with van der Waals surface area (Å²) in [6.45, 7) is 2.03. The summed E-state index contributed by atoms with van der Waals surface area (Å²) < 4.78 is 5.19. The van der Waals surface area contributed by atoms with Crippen molar-refractivity contribution in [1.82, 2.24) is 20.2 Å². The molecule has 0 fully saturated rings. The van der Waals surface area contributed by atoms with Gasteiger partial charge in [0.25, 0.3) is 0 Å². The van der Waals surface area contributed by atoms with Gasteiger partial charge in [-0.3, -0.25) is 9.97 Å². The van der Waals surface area contributed by atoms with Crippen molar-refractivity contribution in [3.8, 4) is 11.5 Å². The number of hydrogen-bond donors (Lipinski definition) is 1. The fraction of sp³-hybridized carbons (Fsp3) is 0.143. The molecule has 0 saturated carbocycles. The van der Waals surface area contributed by atoms with Gasteiger partial charge >= 0.3 is 0 Å². The summed E-state index contributed by atoms with van der Waals surface area (Å²) in [6.07, 6.45) is 6.41. The fourth-order valence-corrected chi connectivity index (χ4v) is 1.90. The summed E-state index contributed by atoms with van der Waals surface area (Å²) in [5.74, 6) is 0.501. The first-order chi connectivity index (χ1) is 9.83. The van der Waals surface area contributed by atoms with Gasteiger partial charge in [0.15, 0.2) is 0 Å². The molecule has 3 aromatic rings. The second kappa shape index (κ2) is 5.48. The van der Waals surface area contributed by atoms with Gasteiger partial charge in [-0.05, 0) is 25.1 Å². The second-order valence-corrected chi connectivity index (χ2v) is 4.32. The predicted molar refractivity (Wildman–Crippen MR) is 73.8 cm³/mol.